The quantitative estimate of drug-likeness (QED) is 0.588. The Kier molecular flexibility index (Phi) is 5.41. The molecule has 0 unspecified atom stereocenters. The zero-order valence-corrected chi connectivity index (χ0v) is 11.8. The van der Waals surface area contributed by atoms with Crippen molar-refractivity contribution in [3.63, 3.8) is 0 Å². The molecule has 0 atom stereocenters. The highest BCUT2D eigenvalue weighted by atomic mass is 32.2. The molecular formula is C12H25N3O2S. The molecule has 1 aliphatic heterocycles. The van der Waals surface area contributed by atoms with E-state index in [-0.39, 0.29) is 5.75 Å². The average molecular weight is 275 g/mol. The van der Waals surface area contributed by atoms with Crippen molar-refractivity contribution in [1.29, 1.82) is 0 Å². The highest BCUT2D eigenvalue weighted by Gasteiger charge is 2.21. The maximum atomic E-state index is 11.7. The van der Waals surface area contributed by atoms with Gasteiger partial charge >= 0.3 is 0 Å². The van der Waals surface area contributed by atoms with Gasteiger partial charge in [-0.3, -0.25) is 0 Å². The first-order valence-electron chi connectivity index (χ1n) is 7.09. The van der Waals surface area contributed by atoms with Gasteiger partial charge < -0.3 is 10.2 Å². The highest BCUT2D eigenvalue weighted by molar-refractivity contribution is 7.89. The third-order valence-electron chi connectivity index (χ3n) is 3.55. The molecular weight excluding hydrogens is 250 g/mol. The van der Waals surface area contributed by atoms with Crippen molar-refractivity contribution < 1.29 is 8.42 Å². The summed E-state index contributed by atoms with van der Waals surface area (Å²) in [7, 11) is -3.08. The van der Waals surface area contributed by atoms with Crippen molar-refractivity contribution in [3.05, 3.63) is 0 Å². The van der Waals surface area contributed by atoms with Crippen LogP contribution in [0.25, 0.3) is 0 Å². The van der Waals surface area contributed by atoms with Crippen LogP contribution in [0.1, 0.15) is 32.1 Å². The number of hydrogen-bond donors (Lipinski definition) is 2. The highest BCUT2D eigenvalue weighted by Crippen LogP contribution is 2.17. The smallest absolute Gasteiger partial charge is 0.212 e. The molecule has 1 heterocycles. The van der Waals surface area contributed by atoms with Gasteiger partial charge in [0.2, 0.25) is 10.0 Å². The number of sulfonamides is 1. The minimum Gasteiger partial charge on any atom is -0.313 e. The van der Waals surface area contributed by atoms with Crippen molar-refractivity contribution in [2.24, 2.45) is 0 Å². The third-order valence-corrected chi connectivity index (χ3v) is 4.94. The molecule has 0 aromatic carbocycles. The second-order valence-electron chi connectivity index (χ2n) is 5.34. The van der Waals surface area contributed by atoms with E-state index in [0.717, 1.165) is 13.0 Å². The van der Waals surface area contributed by atoms with Crippen molar-refractivity contribution in [2.75, 3.05) is 38.5 Å². The molecule has 0 amide bonds. The Balaban J connectivity index is 1.50. The molecule has 0 aromatic rings. The molecule has 1 aliphatic carbocycles. The van der Waals surface area contributed by atoms with Crippen LogP contribution < -0.4 is 10.0 Å². The van der Waals surface area contributed by atoms with E-state index in [1.165, 1.54) is 38.8 Å². The molecule has 1 saturated carbocycles. The fraction of sp³-hybridized carbons (Fsp3) is 1.00. The number of nitrogens with one attached hydrogen (secondary N) is 2. The molecule has 18 heavy (non-hydrogen) atoms. The largest absolute Gasteiger partial charge is 0.313 e. The SMILES string of the molecule is O=S(=O)(CCNC1CC1)NCCCN1CCCC1. The molecule has 6 heteroatoms. The van der Waals surface area contributed by atoms with Crippen molar-refractivity contribution >= 4 is 10.0 Å². The maximum absolute atomic E-state index is 11.7. The summed E-state index contributed by atoms with van der Waals surface area (Å²) in [5.74, 6) is 0.202. The molecule has 2 fully saturated rings. The van der Waals surface area contributed by atoms with Gasteiger partial charge in [0.25, 0.3) is 0 Å². The van der Waals surface area contributed by atoms with Crippen LogP contribution in [0.4, 0.5) is 0 Å². The number of hydrogen-bond acceptors (Lipinski definition) is 4. The van der Waals surface area contributed by atoms with Crippen LogP contribution in [0.15, 0.2) is 0 Å². The fourth-order valence-corrected chi connectivity index (χ4v) is 3.28. The van der Waals surface area contributed by atoms with Crippen LogP contribution in [-0.2, 0) is 10.0 Å². The van der Waals surface area contributed by atoms with Gasteiger partial charge in [0.1, 0.15) is 0 Å². The van der Waals surface area contributed by atoms with Crippen LogP contribution in [-0.4, -0.2) is 57.8 Å². The van der Waals surface area contributed by atoms with E-state index < -0.39 is 10.0 Å². The fourth-order valence-electron chi connectivity index (χ4n) is 2.29. The molecule has 2 aliphatic rings. The van der Waals surface area contributed by atoms with Gasteiger partial charge in [0.15, 0.2) is 0 Å². The minimum absolute atomic E-state index is 0.202. The summed E-state index contributed by atoms with van der Waals surface area (Å²) in [6.07, 6.45) is 5.89. The number of likely N-dealkylation sites (tertiary alicyclic amines) is 1. The second kappa shape index (κ2) is 6.84. The zero-order valence-electron chi connectivity index (χ0n) is 11.0. The second-order valence-corrected chi connectivity index (χ2v) is 7.27. The molecule has 0 spiro atoms. The lowest BCUT2D eigenvalue weighted by Gasteiger charge is -2.14. The molecule has 0 bridgehead atoms. The maximum Gasteiger partial charge on any atom is 0.212 e. The van der Waals surface area contributed by atoms with Crippen molar-refractivity contribution in [1.82, 2.24) is 14.9 Å². The normalized spacial score (nSPS) is 21.6. The lowest BCUT2D eigenvalue weighted by molar-refractivity contribution is 0.334. The Hall–Kier alpha value is -0.170. The Morgan fingerprint density at radius 3 is 2.50 bits per heavy atom. The number of nitrogens with zero attached hydrogens (tertiary/aromatic N) is 1. The van der Waals surface area contributed by atoms with Gasteiger partial charge in [-0.2, -0.15) is 0 Å². The first kappa shape index (κ1) is 14.2. The van der Waals surface area contributed by atoms with Gasteiger partial charge in [0.05, 0.1) is 5.75 Å². The van der Waals surface area contributed by atoms with E-state index in [1.807, 2.05) is 0 Å². The molecule has 2 rings (SSSR count). The minimum atomic E-state index is -3.08. The van der Waals surface area contributed by atoms with Gasteiger partial charge in [-0.25, -0.2) is 13.1 Å². The zero-order chi connectivity index (χ0) is 12.8. The van der Waals surface area contributed by atoms with Crippen LogP contribution in [0, 0.1) is 0 Å². The van der Waals surface area contributed by atoms with E-state index >= 15 is 0 Å². The predicted octanol–water partition coefficient (Wildman–Crippen LogP) is 0.144. The summed E-state index contributed by atoms with van der Waals surface area (Å²) >= 11 is 0. The van der Waals surface area contributed by atoms with Gasteiger partial charge in [-0.05, 0) is 51.7 Å². The van der Waals surface area contributed by atoms with Crippen LogP contribution in [0.5, 0.6) is 0 Å². The molecule has 2 N–H and O–H groups in total. The summed E-state index contributed by atoms with van der Waals surface area (Å²) in [4.78, 5) is 2.41. The van der Waals surface area contributed by atoms with Crippen molar-refractivity contribution in [2.45, 2.75) is 38.1 Å². The van der Waals surface area contributed by atoms with E-state index in [9.17, 15) is 8.42 Å². The summed E-state index contributed by atoms with van der Waals surface area (Å²) in [6, 6.07) is 0.579. The molecule has 0 radical (unpaired) electrons. The summed E-state index contributed by atoms with van der Waals surface area (Å²) < 4.78 is 26.0. The van der Waals surface area contributed by atoms with Crippen LogP contribution >= 0.6 is 0 Å². The van der Waals surface area contributed by atoms with E-state index in [4.69, 9.17) is 0 Å². The summed E-state index contributed by atoms with van der Waals surface area (Å²) in [5, 5.41) is 3.22. The van der Waals surface area contributed by atoms with Crippen molar-refractivity contribution in [3.8, 4) is 0 Å². The van der Waals surface area contributed by atoms with Crippen LogP contribution in [0.3, 0.4) is 0 Å². The van der Waals surface area contributed by atoms with E-state index in [2.05, 4.69) is 14.9 Å². The molecule has 0 aromatic heterocycles. The summed E-state index contributed by atoms with van der Waals surface area (Å²) in [6.45, 7) is 4.52. The van der Waals surface area contributed by atoms with E-state index in [0.29, 0.717) is 19.1 Å². The topological polar surface area (TPSA) is 61.4 Å². The average Bonchev–Trinajstić information content (AvgIpc) is 2.99. The summed E-state index contributed by atoms with van der Waals surface area (Å²) in [5.41, 5.74) is 0. The van der Waals surface area contributed by atoms with E-state index in [1.54, 1.807) is 0 Å². The van der Waals surface area contributed by atoms with Gasteiger partial charge in [-0.15, -0.1) is 0 Å². The standard InChI is InChI=1S/C12H25N3O2S/c16-18(17,11-7-13-12-4-5-12)14-6-3-10-15-8-1-2-9-15/h12-14H,1-11H2. The first-order chi connectivity index (χ1) is 8.66. The van der Waals surface area contributed by atoms with Gasteiger partial charge in [-0.1, -0.05) is 0 Å². The van der Waals surface area contributed by atoms with Crippen LogP contribution in [0.2, 0.25) is 0 Å². The monoisotopic (exact) mass is 275 g/mol. The molecule has 5 nitrogen and oxygen atoms in total. The predicted molar refractivity (Wildman–Crippen MR) is 73.1 cm³/mol. The Bertz CT molecular complexity index is 335. The Labute approximate surface area is 110 Å². The third kappa shape index (κ3) is 5.65. The Morgan fingerprint density at radius 1 is 1.11 bits per heavy atom. The lowest BCUT2D eigenvalue weighted by Crippen LogP contribution is -2.34. The van der Waals surface area contributed by atoms with Gasteiger partial charge in [0, 0.05) is 19.1 Å². The Morgan fingerprint density at radius 2 is 1.83 bits per heavy atom. The lowest BCUT2D eigenvalue weighted by atomic mass is 10.4. The molecule has 1 saturated heterocycles. The molecule has 106 valence electrons. The first-order valence-corrected chi connectivity index (χ1v) is 8.74. The number of rotatable bonds is 9.